The Morgan fingerprint density at radius 3 is 2.63 bits per heavy atom. The molecule has 0 fully saturated rings. The smallest absolute Gasteiger partial charge is 0.282 e. The van der Waals surface area contributed by atoms with E-state index in [1.165, 1.54) is 18.2 Å². The van der Waals surface area contributed by atoms with Crippen LogP contribution in [0.1, 0.15) is 6.92 Å². The number of quaternary nitrogens is 1. The van der Waals surface area contributed by atoms with Gasteiger partial charge in [0.1, 0.15) is 5.82 Å². The highest BCUT2D eigenvalue weighted by Crippen LogP contribution is 2.34. The maximum absolute atomic E-state index is 13.2. The number of carbonyl (C=O) groups is 2. The Morgan fingerprint density at radius 2 is 1.85 bits per heavy atom. The summed E-state index contributed by atoms with van der Waals surface area (Å²) in [6.45, 7) is 1.95. The first-order chi connectivity index (χ1) is 12.9. The van der Waals surface area contributed by atoms with Crippen LogP contribution in [0, 0.1) is 5.82 Å². The van der Waals surface area contributed by atoms with E-state index in [-0.39, 0.29) is 25.2 Å². The lowest BCUT2D eigenvalue weighted by molar-refractivity contribution is -0.885. The standard InChI is InChI=1S/C19H20FN3O4/c1-12(19(25)22-15-6-7-16-17(9-15)27-11-26-16)23(2)10-18(24)21-14-5-3-4-13(20)8-14/h3-9,12H,10-11H2,1-2H3,(H,21,24)(H,22,25)/p+1/t12-/m1/s1. The number of carbonyl (C=O) groups excluding carboxylic acids is 2. The first-order valence-corrected chi connectivity index (χ1v) is 8.50. The van der Waals surface area contributed by atoms with Crippen molar-refractivity contribution in [3.05, 3.63) is 48.3 Å². The Morgan fingerprint density at radius 1 is 1.11 bits per heavy atom. The van der Waals surface area contributed by atoms with Crippen LogP contribution in [0.5, 0.6) is 11.5 Å². The molecule has 2 aromatic rings. The van der Waals surface area contributed by atoms with Crippen molar-refractivity contribution in [2.24, 2.45) is 0 Å². The lowest BCUT2D eigenvalue weighted by Crippen LogP contribution is -3.14. The van der Waals surface area contributed by atoms with Gasteiger partial charge in [0.25, 0.3) is 11.8 Å². The Balaban J connectivity index is 1.53. The number of halogens is 1. The molecular formula is C19H21FN3O4+. The predicted molar refractivity (Wildman–Crippen MR) is 97.4 cm³/mol. The summed E-state index contributed by atoms with van der Waals surface area (Å²) in [5.74, 6) is 0.254. The number of hydrogen-bond donors (Lipinski definition) is 3. The van der Waals surface area contributed by atoms with E-state index in [4.69, 9.17) is 9.47 Å². The quantitative estimate of drug-likeness (QED) is 0.706. The van der Waals surface area contributed by atoms with E-state index in [1.807, 2.05) is 0 Å². The van der Waals surface area contributed by atoms with Crippen LogP contribution in [0.3, 0.4) is 0 Å². The number of hydrogen-bond acceptors (Lipinski definition) is 4. The molecular weight excluding hydrogens is 353 g/mol. The van der Waals surface area contributed by atoms with Crippen LogP contribution in [0.15, 0.2) is 42.5 Å². The molecule has 8 heteroatoms. The first kappa shape index (κ1) is 18.7. The van der Waals surface area contributed by atoms with Gasteiger partial charge in [-0.05, 0) is 37.3 Å². The number of rotatable bonds is 6. The molecule has 1 heterocycles. The van der Waals surface area contributed by atoms with Crippen LogP contribution in [-0.4, -0.2) is 38.2 Å². The monoisotopic (exact) mass is 374 g/mol. The molecule has 1 unspecified atom stereocenters. The van der Waals surface area contributed by atoms with Crippen LogP contribution >= 0.6 is 0 Å². The highest BCUT2D eigenvalue weighted by molar-refractivity contribution is 5.94. The first-order valence-electron chi connectivity index (χ1n) is 8.50. The van der Waals surface area contributed by atoms with Crippen molar-refractivity contribution >= 4 is 23.2 Å². The zero-order chi connectivity index (χ0) is 19.4. The van der Waals surface area contributed by atoms with Gasteiger partial charge in [-0.1, -0.05) is 6.07 Å². The van der Waals surface area contributed by atoms with Crippen molar-refractivity contribution in [2.45, 2.75) is 13.0 Å². The largest absolute Gasteiger partial charge is 0.454 e. The van der Waals surface area contributed by atoms with Crippen molar-refractivity contribution in [1.82, 2.24) is 0 Å². The third kappa shape index (κ3) is 4.73. The van der Waals surface area contributed by atoms with Crippen LogP contribution in [0.25, 0.3) is 0 Å². The van der Waals surface area contributed by atoms with Gasteiger partial charge in [0.05, 0.1) is 7.05 Å². The maximum atomic E-state index is 13.2. The molecule has 7 nitrogen and oxygen atoms in total. The van der Waals surface area contributed by atoms with E-state index in [0.717, 1.165) is 0 Å². The minimum atomic E-state index is -0.478. The molecule has 0 saturated heterocycles. The zero-order valence-electron chi connectivity index (χ0n) is 15.0. The number of likely N-dealkylation sites (N-methyl/N-ethyl adjacent to an activating group) is 1. The van der Waals surface area contributed by atoms with Gasteiger partial charge in [-0.15, -0.1) is 0 Å². The van der Waals surface area contributed by atoms with Crippen molar-refractivity contribution in [2.75, 3.05) is 31.0 Å². The molecule has 0 aliphatic carbocycles. The summed E-state index contributed by atoms with van der Waals surface area (Å²) in [4.78, 5) is 25.3. The van der Waals surface area contributed by atoms with Crippen molar-refractivity contribution in [1.29, 1.82) is 0 Å². The highest BCUT2D eigenvalue weighted by Gasteiger charge is 2.24. The van der Waals surface area contributed by atoms with Crippen molar-refractivity contribution < 1.29 is 28.4 Å². The summed E-state index contributed by atoms with van der Waals surface area (Å²) in [6.07, 6.45) is 0. The average molecular weight is 374 g/mol. The summed E-state index contributed by atoms with van der Waals surface area (Å²) in [5, 5.41) is 5.43. The number of anilines is 2. The second-order valence-electron chi connectivity index (χ2n) is 6.36. The minimum Gasteiger partial charge on any atom is -0.454 e. The van der Waals surface area contributed by atoms with Gasteiger partial charge in [-0.3, -0.25) is 9.59 Å². The molecule has 0 spiro atoms. The fraction of sp³-hybridized carbons (Fsp3) is 0.263. The van der Waals surface area contributed by atoms with Crippen LogP contribution in [0.2, 0.25) is 0 Å². The van der Waals surface area contributed by atoms with Gasteiger partial charge < -0.3 is 25.0 Å². The molecule has 0 saturated carbocycles. The molecule has 142 valence electrons. The summed E-state index contributed by atoms with van der Waals surface area (Å²) in [7, 11) is 1.75. The normalized spacial score (nSPS) is 14.3. The predicted octanol–water partition coefficient (Wildman–Crippen LogP) is 1.03. The van der Waals surface area contributed by atoms with Crippen LogP contribution < -0.4 is 25.0 Å². The number of amides is 2. The van der Waals surface area contributed by atoms with Gasteiger partial charge in [-0.25, -0.2) is 4.39 Å². The fourth-order valence-electron chi connectivity index (χ4n) is 2.63. The highest BCUT2D eigenvalue weighted by atomic mass is 19.1. The Hall–Kier alpha value is -3.13. The Kier molecular flexibility index (Phi) is 5.56. The van der Waals surface area contributed by atoms with Crippen molar-refractivity contribution in [3.63, 3.8) is 0 Å². The molecule has 0 bridgehead atoms. The third-order valence-electron chi connectivity index (χ3n) is 4.32. The number of fused-ring (bicyclic) bond motifs is 1. The van der Waals surface area contributed by atoms with Gasteiger partial charge >= 0.3 is 0 Å². The molecule has 2 atom stereocenters. The van der Waals surface area contributed by atoms with E-state index in [1.54, 1.807) is 38.2 Å². The Labute approximate surface area is 156 Å². The molecule has 0 radical (unpaired) electrons. The third-order valence-corrected chi connectivity index (χ3v) is 4.32. The van der Waals surface area contributed by atoms with Gasteiger partial charge in [0, 0.05) is 17.4 Å². The topological polar surface area (TPSA) is 81.1 Å². The molecule has 0 aromatic heterocycles. The maximum Gasteiger partial charge on any atom is 0.282 e. The number of benzene rings is 2. The molecule has 1 aliphatic rings. The molecule has 27 heavy (non-hydrogen) atoms. The summed E-state index contributed by atoms with van der Waals surface area (Å²) >= 11 is 0. The lowest BCUT2D eigenvalue weighted by atomic mass is 10.2. The van der Waals surface area contributed by atoms with Gasteiger partial charge in [0.15, 0.2) is 24.1 Å². The fourth-order valence-corrected chi connectivity index (χ4v) is 2.63. The van der Waals surface area contributed by atoms with Gasteiger partial charge in [0.2, 0.25) is 6.79 Å². The molecule has 3 rings (SSSR count). The SMILES string of the molecule is C[C@H](C(=O)Nc1ccc2c(c1)OCO2)[NH+](C)CC(=O)Nc1cccc(F)c1. The lowest BCUT2D eigenvalue weighted by Gasteiger charge is -2.20. The molecule has 3 N–H and O–H groups in total. The van der Waals surface area contributed by atoms with E-state index in [0.29, 0.717) is 27.8 Å². The van der Waals surface area contributed by atoms with Crippen LogP contribution in [0.4, 0.5) is 15.8 Å². The second-order valence-corrected chi connectivity index (χ2v) is 6.36. The number of ether oxygens (including phenoxy) is 2. The minimum absolute atomic E-state index is 0.0617. The second kappa shape index (κ2) is 8.05. The van der Waals surface area contributed by atoms with E-state index in [9.17, 15) is 14.0 Å². The molecule has 2 aromatic carbocycles. The summed E-state index contributed by atoms with van der Waals surface area (Å²) in [5.41, 5.74) is 0.971. The molecule has 1 aliphatic heterocycles. The zero-order valence-corrected chi connectivity index (χ0v) is 15.0. The summed E-state index contributed by atoms with van der Waals surface area (Å²) in [6, 6.07) is 10.3. The van der Waals surface area contributed by atoms with Crippen LogP contribution in [-0.2, 0) is 9.59 Å². The van der Waals surface area contributed by atoms with E-state index >= 15 is 0 Å². The summed E-state index contributed by atoms with van der Waals surface area (Å²) < 4.78 is 23.7. The van der Waals surface area contributed by atoms with Gasteiger partial charge in [-0.2, -0.15) is 0 Å². The molecule has 2 amide bonds. The van der Waals surface area contributed by atoms with E-state index < -0.39 is 11.9 Å². The average Bonchev–Trinajstić information content (AvgIpc) is 3.08. The number of nitrogens with one attached hydrogen (secondary N) is 3. The Bertz CT molecular complexity index is 859. The van der Waals surface area contributed by atoms with Crippen molar-refractivity contribution in [3.8, 4) is 11.5 Å². The van der Waals surface area contributed by atoms with E-state index in [2.05, 4.69) is 10.6 Å².